The van der Waals surface area contributed by atoms with Crippen molar-refractivity contribution in [2.75, 3.05) is 4.90 Å². The molecule has 0 saturated carbocycles. The fourth-order valence-electron chi connectivity index (χ4n) is 4.50. The summed E-state index contributed by atoms with van der Waals surface area (Å²) in [6.07, 6.45) is 0.875. The first-order valence-electron chi connectivity index (χ1n) is 10.0. The molecule has 0 fully saturated rings. The Bertz CT molecular complexity index is 1270. The summed E-state index contributed by atoms with van der Waals surface area (Å²) in [6.45, 7) is 5.90. The molecule has 9 heteroatoms. The summed E-state index contributed by atoms with van der Waals surface area (Å²) in [5, 5.41) is 21.8. The van der Waals surface area contributed by atoms with Crippen molar-refractivity contribution < 1.29 is 9.72 Å². The third kappa shape index (κ3) is 3.48. The Labute approximate surface area is 194 Å². The molecule has 4 rings (SSSR count). The molecule has 2 N–H and O–H groups in total. The number of thiophene rings is 1. The zero-order valence-corrected chi connectivity index (χ0v) is 19.4. The number of rotatable bonds is 3. The Hall–Kier alpha value is -3.15. The minimum atomic E-state index is -0.729. The van der Waals surface area contributed by atoms with Crippen molar-refractivity contribution in [2.24, 2.45) is 11.1 Å². The molecule has 2 heterocycles. The highest BCUT2D eigenvalue weighted by Crippen LogP contribution is 2.52. The predicted octanol–water partition coefficient (Wildman–Crippen LogP) is 5.56. The van der Waals surface area contributed by atoms with E-state index in [1.54, 1.807) is 23.1 Å². The van der Waals surface area contributed by atoms with Crippen LogP contribution in [0, 0.1) is 33.8 Å². The van der Waals surface area contributed by atoms with Crippen LogP contribution in [-0.2, 0) is 4.79 Å². The Morgan fingerprint density at radius 2 is 2.03 bits per heavy atom. The smallest absolute Gasteiger partial charge is 0.324 e. The molecule has 1 aromatic carbocycles. The number of carbonyl (C=O) groups excluding carboxylic acids is 1. The fourth-order valence-corrected chi connectivity index (χ4v) is 5.61. The number of nitriles is 1. The van der Waals surface area contributed by atoms with Crippen LogP contribution in [-0.4, -0.2) is 10.7 Å². The Morgan fingerprint density at radius 1 is 1.31 bits per heavy atom. The number of carbonyl (C=O) groups is 1. The van der Waals surface area contributed by atoms with Crippen molar-refractivity contribution in [2.45, 2.75) is 39.5 Å². The standard InChI is InChI=1S/C23H21ClN4O3S/c1-12-14(24)5-4-6-15(12)27-16-9-23(2,3)10-17(29)21(16)20(13(11-25)22(27)26)18-7-8-19(32-18)28(30)31/h4-8,20H,9-10,26H2,1-3H3. The Kier molecular flexibility index (Phi) is 5.35. The lowest BCUT2D eigenvalue weighted by Gasteiger charge is -2.43. The average molecular weight is 469 g/mol. The van der Waals surface area contributed by atoms with Gasteiger partial charge in [-0.15, -0.1) is 0 Å². The van der Waals surface area contributed by atoms with Crippen LogP contribution >= 0.6 is 22.9 Å². The summed E-state index contributed by atoms with van der Waals surface area (Å²) in [4.78, 5) is 26.6. The van der Waals surface area contributed by atoms with E-state index in [0.29, 0.717) is 39.7 Å². The van der Waals surface area contributed by atoms with Crippen molar-refractivity contribution in [3.8, 4) is 6.07 Å². The second-order valence-electron chi connectivity index (χ2n) is 8.80. The maximum absolute atomic E-state index is 13.5. The molecule has 0 spiro atoms. The summed E-state index contributed by atoms with van der Waals surface area (Å²) in [5.41, 5.74) is 9.16. The first kappa shape index (κ1) is 22.1. The van der Waals surface area contributed by atoms with Gasteiger partial charge in [0.05, 0.1) is 28.2 Å². The van der Waals surface area contributed by atoms with Gasteiger partial charge in [-0.05, 0) is 42.5 Å². The van der Waals surface area contributed by atoms with Gasteiger partial charge in [-0.25, -0.2) is 0 Å². The second kappa shape index (κ2) is 7.76. The molecular formula is C23H21ClN4O3S. The third-order valence-corrected chi connectivity index (χ3v) is 7.45. The van der Waals surface area contributed by atoms with Crippen LogP contribution in [0.5, 0.6) is 0 Å². The van der Waals surface area contributed by atoms with E-state index in [1.807, 2.05) is 26.8 Å². The summed E-state index contributed by atoms with van der Waals surface area (Å²) in [7, 11) is 0. The number of halogens is 1. The second-order valence-corrected chi connectivity index (χ2v) is 10.3. The molecule has 1 unspecified atom stereocenters. The lowest BCUT2D eigenvalue weighted by Crippen LogP contribution is -2.42. The average Bonchev–Trinajstić information content (AvgIpc) is 3.19. The molecule has 1 aliphatic carbocycles. The number of benzene rings is 1. The number of nitrogens with two attached hydrogens (primary N) is 1. The van der Waals surface area contributed by atoms with Gasteiger partial charge in [0.25, 0.3) is 0 Å². The van der Waals surface area contributed by atoms with Crippen LogP contribution in [0.3, 0.4) is 0 Å². The number of nitrogens with zero attached hydrogens (tertiary/aromatic N) is 3. The quantitative estimate of drug-likeness (QED) is 0.466. The molecule has 0 radical (unpaired) electrons. The topological polar surface area (TPSA) is 113 Å². The number of hydrogen-bond acceptors (Lipinski definition) is 7. The lowest BCUT2D eigenvalue weighted by atomic mass is 9.69. The zero-order valence-electron chi connectivity index (χ0n) is 17.8. The highest BCUT2D eigenvalue weighted by Gasteiger charge is 2.45. The van der Waals surface area contributed by atoms with E-state index in [-0.39, 0.29) is 27.6 Å². The normalized spacial score (nSPS) is 20.3. The Morgan fingerprint density at radius 3 is 2.66 bits per heavy atom. The number of hydrogen-bond donors (Lipinski definition) is 1. The molecule has 0 bridgehead atoms. The number of anilines is 1. The van der Waals surface area contributed by atoms with Gasteiger partial charge in [0, 0.05) is 33.7 Å². The molecule has 7 nitrogen and oxygen atoms in total. The molecule has 164 valence electrons. The van der Waals surface area contributed by atoms with Gasteiger partial charge < -0.3 is 5.73 Å². The van der Waals surface area contributed by atoms with E-state index >= 15 is 0 Å². The Balaban J connectivity index is 2.02. The van der Waals surface area contributed by atoms with Crippen molar-refractivity contribution in [3.63, 3.8) is 0 Å². The van der Waals surface area contributed by atoms with Crippen molar-refractivity contribution in [1.29, 1.82) is 5.26 Å². The van der Waals surface area contributed by atoms with Crippen LogP contribution < -0.4 is 10.6 Å². The lowest BCUT2D eigenvalue weighted by molar-refractivity contribution is -0.380. The minimum Gasteiger partial charge on any atom is -0.384 e. The zero-order chi connectivity index (χ0) is 23.4. The van der Waals surface area contributed by atoms with Crippen molar-refractivity contribution in [3.05, 3.63) is 78.6 Å². The van der Waals surface area contributed by atoms with Gasteiger partial charge in [-0.2, -0.15) is 5.26 Å². The van der Waals surface area contributed by atoms with Crippen LogP contribution in [0.2, 0.25) is 5.02 Å². The van der Waals surface area contributed by atoms with Gasteiger partial charge in [-0.1, -0.05) is 42.9 Å². The summed E-state index contributed by atoms with van der Waals surface area (Å²) in [5.74, 6) is -0.599. The number of allylic oxidation sites excluding steroid dienone is 3. The van der Waals surface area contributed by atoms with E-state index in [9.17, 15) is 20.2 Å². The molecule has 0 saturated heterocycles. The highest BCUT2D eigenvalue weighted by molar-refractivity contribution is 7.15. The van der Waals surface area contributed by atoms with Crippen LogP contribution in [0.4, 0.5) is 10.7 Å². The molecule has 1 aromatic heterocycles. The molecular weight excluding hydrogens is 448 g/mol. The summed E-state index contributed by atoms with van der Waals surface area (Å²) in [6, 6.07) is 10.6. The number of nitro groups is 1. The van der Waals surface area contributed by atoms with E-state index in [4.69, 9.17) is 17.3 Å². The van der Waals surface area contributed by atoms with Crippen molar-refractivity contribution >= 4 is 39.4 Å². The van der Waals surface area contributed by atoms with Crippen molar-refractivity contribution in [1.82, 2.24) is 0 Å². The van der Waals surface area contributed by atoms with Gasteiger partial charge in [0.15, 0.2) is 5.78 Å². The molecule has 1 atom stereocenters. The number of Topliss-reactive ketones (excluding diaryl/α,β-unsaturated/α-hetero) is 1. The SMILES string of the molecule is Cc1c(Cl)cccc1N1C(N)=C(C#N)C(c2ccc([N+](=O)[O-])s2)C2=C1CC(C)(C)CC2=O. The van der Waals surface area contributed by atoms with Crippen LogP contribution in [0.15, 0.2) is 53.0 Å². The minimum absolute atomic E-state index is 0.0466. The van der Waals surface area contributed by atoms with E-state index in [0.717, 1.165) is 16.9 Å². The first-order chi connectivity index (χ1) is 15.1. The fraction of sp³-hybridized carbons (Fsp3) is 0.304. The first-order valence-corrected chi connectivity index (χ1v) is 11.2. The monoisotopic (exact) mass is 468 g/mol. The maximum atomic E-state index is 13.5. The molecule has 2 aromatic rings. The number of ketones is 1. The summed E-state index contributed by atoms with van der Waals surface area (Å²) < 4.78 is 0. The molecule has 32 heavy (non-hydrogen) atoms. The van der Waals surface area contributed by atoms with E-state index < -0.39 is 10.8 Å². The van der Waals surface area contributed by atoms with Gasteiger partial charge in [0.1, 0.15) is 5.82 Å². The van der Waals surface area contributed by atoms with E-state index in [2.05, 4.69) is 6.07 Å². The van der Waals surface area contributed by atoms with E-state index in [1.165, 1.54) is 6.07 Å². The maximum Gasteiger partial charge on any atom is 0.324 e. The van der Waals surface area contributed by atoms with Crippen LogP contribution in [0.25, 0.3) is 0 Å². The van der Waals surface area contributed by atoms with Gasteiger partial charge in [-0.3, -0.25) is 19.8 Å². The summed E-state index contributed by atoms with van der Waals surface area (Å²) >= 11 is 7.34. The highest BCUT2D eigenvalue weighted by atomic mass is 35.5. The molecule has 2 aliphatic rings. The van der Waals surface area contributed by atoms with Gasteiger partial charge in [0.2, 0.25) is 0 Å². The van der Waals surface area contributed by atoms with Gasteiger partial charge >= 0.3 is 5.00 Å². The molecule has 1 aliphatic heterocycles. The third-order valence-electron chi connectivity index (χ3n) is 5.94. The molecule has 0 amide bonds. The largest absolute Gasteiger partial charge is 0.384 e. The predicted molar refractivity (Wildman–Crippen MR) is 124 cm³/mol. The van der Waals surface area contributed by atoms with Crippen LogP contribution in [0.1, 0.15) is 43.0 Å².